The number of alkyl halides is 2. The second-order valence-corrected chi connectivity index (χ2v) is 11.7. The highest BCUT2D eigenvalue weighted by Gasteiger charge is 2.31. The molecule has 2 aliphatic heterocycles. The lowest BCUT2D eigenvalue weighted by Crippen LogP contribution is -2.38. The van der Waals surface area contributed by atoms with Crippen LogP contribution in [0, 0.1) is 5.92 Å². The number of aryl methyl sites for hydroxylation is 1. The zero-order chi connectivity index (χ0) is 30.2. The van der Waals surface area contributed by atoms with Crippen molar-refractivity contribution in [1.82, 2.24) is 29.4 Å². The third-order valence-corrected chi connectivity index (χ3v) is 8.77. The van der Waals surface area contributed by atoms with Crippen molar-refractivity contribution in [3.63, 3.8) is 0 Å². The first kappa shape index (κ1) is 29.0. The molecule has 0 aromatic carbocycles. The van der Waals surface area contributed by atoms with E-state index >= 15 is 0 Å². The van der Waals surface area contributed by atoms with Crippen molar-refractivity contribution in [3.8, 4) is 11.3 Å². The van der Waals surface area contributed by atoms with Crippen molar-refractivity contribution in [3.05, 3.63) is 76.5 Å². The van der Waals surface area contributed by atoms with Crippen LogP contribution in [0.2, 0.25) is 0 Å². The third kappa shape index (κ3) is 5.78. The second kappa shape index (κ2) is 11.9. The minimum atomic E-state index is -2.73. The largest absolute Gasteiger partial charge is 0.333 e. The molecule has 224 valence electrons. The van der Waals surface area contributed by atoms with Crippen molar-refractivity contribution in [2.24, 2.45) is 13.0 Å². The molecular formula is C31H32ClF2N7O2. The first-order chi connectivity index (χ1) is 20.7. The summed E-state index contributed by atoms with van der Waals surface area (Å²) in [7, 11) is 1.83. The van der Waals surface area contributed by atoms with Gasteiger partial charge in [-0.15, -0.1) is 0 Å². The predicted molar refractivity (Wildman–Crippen MR) is 159 cm³/mol. The SMILES string of the molecule is C[C@@H]1CCC[C@H](N2CCC(C3=C(c4cnn(C(F)F)c4)CCC(Cl)=C3)=CC2=O)c2cc(ccn2)-c2c(cnn2C)NC1=O. The molecule has 2 atom stereocenters. The Bertz CT molecular complexity index is 1670. The van der Waals surface area contributed by atoms with Gasteiger partial charge in [-0.25, -0.2) is 4.68 Å². The topological polar surface area (TPSA) is 97.9 Å². The summed E-state index contributed by atoms with van der Waals surface area (Å²) >= 11 is 6.43. The molecule has 0 saturated carbocycles. The van der Waals surface area contributed by atoms with Crippen molar-refractivity contribution < 1.29 is 18.4 Å². The van der Waals surface area contributed by atoms with E-state index in [0.717, 1.165) is 40.1 Å². The highest BCUT2D eigenvalue weighted by molar-refractivity contribution is 6.30. The number of halogens is 3. The van der Waals surface area contributed by atoms with Crippen molar-refractivity contribution in [2.45, 2.75) is 58.0 Å². The number of hydrogen-bond donors (Lipinski definition) is 1. The molecule has 1 aliphatic carbocycles. The number of nitrogens with zero attached hydrogens (tertiary/aromatic N) is 6. The summed E-state index contributed by atoms with van der Waals surface area (Å²) in [6, 6.07) is 3.56. The van der Waals surface area contributed by atoms with Gasteiger partial charge in [0.2, 0.25) is 11.8 Å². The maximum absolute atomic E-state index is 13.8. The first-order valence-electron chi connectivity index (χ1n) is 14.4. The lowest BCUT2D eigenvalue weighted by atomic mass is 9.86. The number of aromatic nitrogens is 5. The van der Waals surface area contributed by atoms with Crippen LogP contribution in [0.1, 0.15) is 69.3 Å². The molecule has 0 radical (unpaired) electrons. The van der Waals surface area contributed by atoms with Gasteiger partial charge >= 0.3 is 6.55 Å². The summed E-state index contributed by atoms with van der Waals surface area (Å²) in [5.74, 6) is -0.432. The second-order valence-electron chi connectivity index (χ2n) is 11.3. The number of amides is 2. The molecular weight excluding hydrogens is 576 g/mol. The quantitative estimate of drug-likeness (QED) is 0.370. The minimum Gasteiger partial charge on any atom is -0.330 e. The van der Waals surface area contributed by atoms with Crippen molar-refractivity contribution in [1.29, 1.82) is 0 Å². The summed E-state index contributed by atoms with van der Waals surface area (Å²) < 4.78 is 28.8. The molecule has 2 bridgehead atoms. The third-order valence-electron chi connectivity index (χ3n) is 8.47. The van der Waals surface area contributed by atoms with Gasteiger partial charge < -0.3 is 10.2 Å². The van der Waals surface area contributed by atoms with E-state index in [9.17, 15) is 18.4 Å². The fraction of sp³-hybridized carbons (Fsp3) is 0.387. The molecule has 6 rings (SSSR count). The zero-order valence-electron chi connectivity index (χ0n) is 23.9. The Balaban J connectivity index is 1.35. The Labute approximate surface area is 252 Å². The van der Waals surface area contributed by atoms with Gasteiger partial charge in [0.05, 0.1) is 35.5 Å². The van der Waals surface area contributed by atoms with E-state index in [1.54, 1.807) is 23.2 Å². The van der Waals surface area contributed by atoms with Gasteiger partial charge in [-0.2, -0.15) is 19.0 Å². The number of fused-ring (bicyclic) bond motifs is 4. The molecule has 5 heterocycles. The van der Waals surface area contributed by atoms with E-state index in [0.29, 0.717) is 59.6 Å². The van der Waals surface area contributed by atoms with Crippen LogP contribution in [-0.4, -0.2) is 47.8 Å². The number of rotatable bonds is 4. The van der Waals surface area contributed by atoms with Crippen LogP contribution in [0.3, 0.4) is 0 Å². The zero-order valence-corrected chi connectivity index (χ0v) is 24.7. The number of carbonyl (C=O) groups is 2. The van der Waals surface area contributed by atoms with Crippen molar-refractivity contribution >= 4 is 34.7 Å². The van der Waals surface area contributed by atoms with Gasteiger partial charge in [0, 0.05) is 54.1 Å². The Morgan fingerprint density at radius 2 is 1.91 bits per heavy atom. The van der Waals surface area contributed by atoms with E-state index in [4.69, 9.17) is 16.6 Å². The average molecular weight is 608 g/mol. The normalized spacial score (nSPS) is 21.6. The van der Waals surface area contributed by atoms with Crippen LogP contribution in [-0.2, 0) is 16.6 Å². The molecule has 2 amide bonds. The van der Waals surface area contributed by atoms with Crippen LogP contribution in [0.4, 0.5) is 14.5 Å². The van der Waals surface area contributed by atoms with Gasteiger partial charge in [-0.1, -0.05) is 24.9 Å². The molecule has 3 aromatic rings. The standard InChI is InChI=1S/C31H32ClF2N7O2/c1-18-4-3-5-27(25-12-20(8-10-35-25)29-26(38-30(18)43)16-36-39(29)2)40-11-9-19(13-28(40)42)24-14-22(32)6-7-23(24)21-15-37-41(17-21)31(33)34/h8,10,12-18,27,31H,3-7,9,11H2,1-2H3,(H,38,43)/t18-,27+/m1/s1. The lowest BCUT2D eigenvalue weighted by molar-refractivity contribution is -0.129. The number of carbonyl (C=O) groups excluding carboxylic acids is 2. The molecule has 1 N–H and O–H groups in total. The molecule has 9 nitrogen and oxygen atoms in total. The molecule has 3 aromatic heterocycles. The van der Waals surface area contributed by atoms with Gasteiger partial charge in [0.15, 0.2) is 0 Å². The van der Waals surface area contributed by atoms with Gasteiger partial charge in [-0.3, -0.25) is 19.3 Å². The van der Waals surface area contributed by atoms with Crippen LogP contribution in [0.25, 0.3) is 16.8 Å². The molecule has 0 unspecified atom stereocenters. The van der Waals surface area contributed by atoms with E-state index in [-0.39, 0.29) is 23.8 Å². The minimum absolute atomic E-state index is 0.0651. The number of anilines is 1. The summed E-state index contributed by atoms with van der Waals surface area (Å²) in [5, 5.41) is 11.9. The van der Waals surface area contributed by atoms with Gasteiger partial charge in [0.1, 0.15) is 0 Å². The average Bonchev–Trinajstić information content (AvgIpc) is 3.62. The monoisotopic (exact) mass is 607 g/mol. The highest BCUT2D eigenvalue weighted by atomic mass is 35.5. The maximum Gasteiger partial charge on any atom is 0.333 e. The Hall–Kier alpha value is -4.12. The summed E-state index contributed by atoms with van der Waals surface area (Å²) in [6.07, 6.45) is 13.4. The maximum atomic E-state index is 13.8. The summed E-state index contributed by atoms with van der Waals surface area (Å²) in [5.41, 5.74) is 6.08. The van der Waals surface area contributed by atoms with Gasteiger partial charge in [0.25, 0.3) is 0 Å². The highest BCUT2D eigenvalue weighted by Crippen LogP contribution is 2.40. The van der Waals surface area contributed by atoms with E-state index in [1.807, 2.05) is 37.1 Å². The fourth-order valence-corrected chi connectivity index (χ4v) is 6.38. The van der Waals surface area contributed by atoms with Crippen LogP contribution >= 0.6 is 11.6 Å². The molecule has 0 fully saturated rings. The van der Waals surface area contributed by atoms with Crippen LogP contribution < -0.4 is 5.32 Å². The molecule has 43 heavy (non-hydrogen) atoms. The van der Waals surface area contributed by atoms with Crippen molar-refractivity contribution in [2.75, 3.05) is 11.9 Å². The van der Waals surface area contributed by atoms with Gasteiger partial charge in [-0.05, 0) is 67.0 Å². The number of hydrogen-bond acceptors (Lipinski definition) is 5. The van der Waals surface area contributed by atoms with E-state index in [1.165, 1.54) is 12.4 Å². The Morgan fingerprint density at radius 3 is 2.67 bits per heavy atom. The number of nitrogens with one attached hydrogen (secondary N) is 1. The fourth-order valence-electron chi connectivity index (χ4n) is 6.18. The Morgan fingerprint density at radius 1 is 1.07 bits per heavy atom. The lowest BCUT2D eigenvalue weighted by Gasteiger charge is -2.35. The molecule has 0 spiro atoms. The predicted octanol–water partition coefficient (Wildman–Crippen LogP) is 6.40. The summed E-state index contributed by atoms with van der Waals surface area (Å²) in [6.45, 7) is -0.374. The molecule has 12 heteroatoms. The smallest absolute Gasteiger partial charge is 0.330 e. The Kier molecular flexibility index (Phi) is 8.00. The molecule has 3 aliphatic rings. The van der Waals surface area contributed by atoms with E-state index in [2.05, 4.69) is 15.5 Å². The number of pyridine rings is 1. The van der Waals surface area contributed by atoms with Crippen LogP contribution in [0.15, 0.2) is 65.3 Å². The summed E-state index contributed by atoms with van der Waals surface area (Å²) in [4.78, 5) is 33.3. The first-order valence-corrected chi connectivity index (χ1v) is 14.8. The number of allylic oxidation sites excluding steroid dienone is 4. The molecule has 0 saturated heterocycles. The van der Waals surface area contributed by atoms with E-state index < -0.39 is 6.55 Å². The van der Waals surface area contributed by atoms with Crippen LogP contribution in [0.5, 0.6) is 0 Å².